The van der Waals surface area contributed by atoms with Crippen molar-refractivity contribution >= 4 is 35.8 Å². The van der Waals surface area contributed by atoms with Crippen LogP contribution in [0.2, 0.25) is 5.02 Å². The van der Waals surface area contributed by atoms with Gasteiger partial charge >= 0.3 is 0 Å². The lowest BCUT2D eigenvalue weighted by Crippen LogP contribution is -2.40. The molecule has 2 rings (SSSR count). The fourth-order valence-corrected chi connectivity index (χ4v) is 2.90. The molecule has 0 amide bonds. The summed E-state index contributed by atoms with van der Waals surface area (Å²) in [5.74, 6) is 1.09. The Balaban J connectivity index is 0.00000200. The molecule has 1 N–H and O–H groups in total. The summed E-state index contributed by atoms with van der Waals surface area (Å²) in [5, 5.41) is 4.28. The van der Waals surface area contributed by atoms with Crippen LogP contribution in [0.3, 0.4) is 0 Å². The van der Waals surface area contributed by atoms with Crippen LogP contribution in [0, 0.1) is 0 Å². The molecule has 1 aromatic rings. The van der Waals surface area contributed by atoms with Gasteiger partial charge in [-0.25, -0.2) is 0 Å². The summed E-state index contributed by atoms with van der Waals surface area (Å²) in [4.78, 5) is 3.72. The maximum atomic E-state index is 5.85. The van der Waals surface area contributed by atoms with Gasteiger partial charge in [0.05, 0.1) is 13.2 Å². The number of nitrogens with one attached hydrogen (secondary N) is 1. The zero-order valence-corrected chi connectivity index (χ0v) is 13.9. The monoisotopic (exact) mass is 336 g/mol. The summed E-state index contributed by atoms with van der Waals surface area (Å²) < 4.78 is 5.33. The predicted octanol–water partition coefficient (Wildman–Crippen LogP) is 2.78. The van der Waals surface area contributed by atoms with Gasteiger partial charge in [0.1, 0.15) is 0 Å². The lowest BCUT2D eigenvalue weighted by molar-refractivity contribution is 0.0385. The number of halogens is 2. The van der Waals surface area contributed by atoms with Gasteiger partial charge in [0.25, 0.3) is 0 Å². The van der Waals surface area contributed by atoms with Gasteiger partial charge < -0.3 is 10.1 Å². The largest absolute Gasteiger partial charge is 0.379 e. The molecule has 0 spiro atoms. The Morgan fingerprint density at radius 3 is 2.55 bits per heavy atom. The lowest BCUT2D eigenvalue weighted by Gasteiger charge is -2.26. The molecule has 1 fully saturated rings. The maximum absolute atomic E-state index is 5.85. The number of rotatable bonds is 7. The Morgan fingerprint density at radius 2 is 1.85 bits per heavy atom. The lowest BCUT2D eigenvalue weighted by atomic mass is 10.4. The number of hydrogen-bond acceptors (Lipinski definition) is 4. The Bertz CT molecular complexity index is 359. The molecule has 3 nitrogen and oxygen atoms in total. The number of ether oxygens (including phenoxy) is 1. The van der Waals surface area contributed by atoms with Gasteiger partial charge in [0, 0.05) is 48.4 Å². The van der Waals surface area contributed by atoms with Crippen LogP contribution in [0.25, 0.3) is 0 Å². The molecule has 1 aliphatic rings. The molecular formula is C14H22Cl2N2OS. The summed E-state index contributed by atoms with van der Waals surface area (Å²) in [6.45, 7) is 7.12. The van der Waals surface area contributed by atoms with Crippen molar-refractivity contribution in [3.8, 4) is 0 Å². The molecule has 1 heterocycles. The zero-order chi connectivity index (χ0) is 13.3. The minimum atomic E-state index is 0. The average molecular weight is 337 g/mol. The third kappa shape index (κ3) is 7.16. The van der Waals surface area contributed by atoms with Crippen molar-refractivity contribution in [3.05, 3.63) is 29.3 Å². The van der Waals surface area contributed by atoms with Crippen molar-refractivity contribution in [1.82, 2.24) is 10.2 Å². The number of morpholine rings is 1. The first-order valence-electron chi connectivity index (χ1n) is 6.74. The van der Waals surface area contributed by atoms with Crippen molar-refractivity contribution in [1.29, 1.82) is 0 Å². The van der Waals surface area contributed by atoms with E-state index in [1.165, 1.54) is 4.90 Å². The molecule has 114 valence electrons. The van der Waals surface area contributed by atoms with Crippen LogP contribution in [-0.2, 0) is 4.74 Å². The molecule has 1 saturated heterocycles. The molecule has 0 aromatic heterocycles. The minimum Gasteiger partial charge on any atom is -0.379 e. The second-order valence-corrected chi connectivity index (χ2v) is 6.11. The number of benzene rings is 1. The zero-order valence-electron chi connectivity index (χ0n) is 11.5. The highest BCUT2D eigenvalue weighted by molar-refractivity contribution is 7.99. The number of hydrogen-bond donors (Lipinski definition) is 1. The molecule has 0 unspecified atom stereocenters. The van der Waals surface area contributed by atoms with Crippen LogP contribution in [0.5, 0.6) is 0 Å². The summed E-state index contributed by atoms with van der Waals surface area (Å²) in [6, 6.07) is 8.02. The molecule has 0 saturated carbocycles. The predicted molar refractivity (Wildman–Crippen MR) is 89.6 cm³/mol. The van der Waals surface area contributed by atoms with Crippen LogP contribution in [0.4, 0.5) is 0 Å². The number of nitrogens with zero attached hydrogens (tertiary/aromatic N) is 1. The highest BCUT2D eigenvalue weighted by atomic mass is 35.5. The van der Waals surface area contributed by atoms with Crippen molar-refractivity contribution in [2.75, 3.05) is 51.7 Å². The minimum absolute atomic E-state index is 0. The molecule has 6 heteroatoms. The van der Waals surface area contributed by atoms with Gasteiger partial charge in [-0.05, 0) is 24.3 Å². The van der Waals surface area contributed by atoms with E-state index < -0.39 is 0 Å². The van der Waals surface area contributed by atoms with Crippen LogP contribution in [-0.4, -0.2) is 56.6 Å². The van der Waals surface area contributed by atoms with Crippen molar-refractivity contribution in [2.24, 2.45) is 0 Å². The van der Waals surface area contributed by atoms with E-state index in [1.54, 1.807) is 0 Å². The Hall–Kier alpha value is 0.0300. The standard InChI is InChI=1S/C14H21ClN2OS.ClH/c15-13-1-3-14(4-2-13)19-12-6-16-5-7-17-8-10-18-11-9-17;/h1-4,16H,5-12H2;1H. The molecular weight excluding hydrogens is 315 g/mol. The van der Waals surface area contributed by atoms with Gasteiger partial charge in [0.15, 0.2) is 0 Å². The second-order valence-electron chi connectivity index (χ2n) is 4.51. The van der Waals surface area contributed by atoms with E-state index in [4.69, 9.17) is 16.3 Å². The van der Waals surface area contributed by atoms with Gasteiger partial charge in [-0.3, -0.25) is 4.90 Å². The summed E-state index contributed by atoms with van der Waals surface area (Å²) >= 11 is 7.71. The van der Waals surface area contributed by atoms with Crippen LogP contribution in [0.15, 0.2) is 29.2 Å². The SMILES string of the molecule is Cl.Clc1ccc(SCCNCCN2CCOCC2)cc1. The third-order valence-electron chi connectivity index (χ3n) is 3.07. The summed E-state index contributed by atoms with van der Waals surface area (Å²) in [5.41, 5.74) is 0. The normalized spacial score (nSPS) is 15.8. The molecule has 1 aromatic carbocycles. The van der Waals surface area contributed by atoms with E-state index in [2.05, 4.69) is 22.3 Å². The van der Waals surface area contributed by atoms with Crippen LogP contribution >= 0.6 is 35.8 Å². The van der Waals surface area contributed by atoms with E-state index in [0.717, 1.165) is 56.7 Å². The first kappa shape index (κ1) is 18.1. The van der Waals surface area contributed by atoms with Gasteiger partial charge in [-0.2, -0.15) is 0 Å². The fourth-order valence-electron chi connectivity index (χ4n) is 1.96. The molecule has 0 atom stereocenters. The molecule has 1 aliphatic heterocycles. The summed E-state index contributed by atoms with van der Waals surface area (Å²) in [6.07, 6.45) is 0. The summed E-state index contributed by atoms with van der Waals surface area (Å²) in [7, 11) is 0. The van der Waals surface area contributed by atoms with Crippen LogP contribution < -0.4 is 5.32 Å². The average Bonchev–Trinajstić information content (AvgIpc) is 2.46. The van der Waals surface area contributed by atoms with E-state index >= 15 is 0 Å². The third-order valence-corrected chi connectivity index (χ3v) is 4.34. The molecule has 0 bridgehead atoms. The van der Waals surface area contributed by atoms with E-state index in [9.17, 15) is 0 Å². The maximum Gasteiger partial charge on any atom is 0.0594 e. The molecule has 0 radical (unpaired) electrons. The van der Waals surface area contributed by atoms with E-state index in [1.807, 2.05) is 23.9 Å². The van der Waals surface area contributed by atoms with Gasteiger partial charge in [0.2, 0.25) is 0 Å². The Kier molecular flexibility index (Phi) is 9.68. The Morgan fingerprint density at radius 1 is 1.15 bits per heavy atom. The number of thioether (sulfide) groups is 1. The first-order chi connectivity index (χ1) is 9.34. The van der Waals surface area contributed by atoms with Gasteiger partial charge in [-0.1, -0.05) is 11.6 Å². The molecule has 0 aliphatic carbocycles. The van der Waals surface area contributed by atoms with Crippen molar-refractivity contribution < 1.29 is 4.74 Å². The first-order valence-corrected chi connectivity index (χ1v) is 8.10. The van der Waals surface area contributed by atoms with E-state index in [0.29, 0.717) is 0 Å². The smallest absolute Gasteiger partial charge is 0.0594 e. The Labute approximate surface area is 136 Å². The highest BCUT2D eigenvalue weighted by Crippen LogP contribution is 2.19. The van der Waals surface area contributed by atoms with Crippen LogP contribution in [0.1, 0.15) is 0 Å². The quantitative estimate of drug-likeness (QED) is 0.611. The van der Waals surface area contributed by atoms with E-state index in [-0.39, 0.29) is 12.4 Å². The second kappa shape index (κ2) is 10.7. The fraction of sp³-hybridized carbons (Fsp3) is 0.571. The molecule has 20 heavy (non-hydrogen) atoms. The van der Waals surface area contributed by atoms with Crippen molar-refractivity contribution in [2.45, 2.75) is 4.90 Å². The topological polar surface area (TPSA) is 24.5 Å². The van der Waals surface area contributed by atoms with Gasteiger partial charge in [-0.15, -0.1) is 24.2 Å². The highest BCUT2D eigenvalue weighted by Gasteiger charge is 2.08. The van der Waals surface area contributed by atoms with Crippen molar-refractivity contribution in [3.63, 3.8) is 0 Å².